The predicted molar refractivity (Wildman–Crippen MR) is 72.1 cm³/mol. The van der Waals surface area contributed by atoms with Crippen LogP contribution < -0.4 is 4.74 Å². The van der Waals surface area contributed by atoms with Gasteiger partial charge in [0.25, 0.3) is 0 Å². The highest BCUT2D eigenvalue weighted by Crippen LogP contribution is 2.27. The molecule has 1 aromatic carbocycles. The number of carbonyl (C=O) groups excluding carboxylic acids is 1. The van der Waals surface area contributed by atoms with Gasteiger partial charge in [0, 0.05) is 6.42 Å². The van der Waals surface area contributed by atoms with Crippen LogP contribution in [0.5, 0.6) is 5.75 Å². The van der Waals surface area contributed by atoms with Gasteiger partial charge in [-0.2, -0.15) is 0 Å². The molecule has 0 saturated heterocycles. The van der Waals surface area contributed by atoms with Crippen LogP contribution >= 0.6 is 11.6 Å². The van der Waals surface area contributed by atoms with E-state index in [0.717, 1.165) is 11.3 Å². The number of esters is 1. The molecular weight excluding hydrogens is 252 g/mol. The first-order chi connectivity index (χ1) is 8.67. The number of benzene rings is 1. The lowest BCUT2D eigenvalue weighted by atomic mass is 10.1. The van der Waals surface area contributed by atoms with Gasteiger partial charge >= 0.3 is 5.97 Å². The van der Waals surface area contributed by atoms with E-state index >= 15 is 0 Å². The van der Waals surface area contributed by atoms with Crippen LogP contribution in [0.3, 0.4) is 0 Å². The topological polar surface area (TPSA) is 35.5 Å². The maximum absolute atomic E-state index is 11.2. The molecule has 1 aromatic rings. The lowest BCUT2D eigenvalue weighted by molar-refractivity contribution is -0.143. The van der Waals surface area contributed by atoms with Gasteiger partial charge in [0.05, 0.1) is 18.6 Å². The van der Waals surface area contributed by atoms with E-state index in [1.807, 2.05) is 31.2 Å². The van der Waals surface area contributed by atoms with Gasteiger partial charge in [-0.05, 0) is 38.0 Å². The van der Waals surface area contributed by atoms with Crippen molar-refractivity contribution < 1.29 is 14.3 Å². The minimum Gasteiger partial charge on any atom is -0.494 e. The molecule has 0 radical (unpaired) electrons. The number of rotatable bonds is 7. The van der Waals surface area contributed by atoms with Crippen LogP contribution in [0.1, 0.15) is 37.6 Å². The SMILES string of the molecule is CCOC(=O)CCC(Cl)c1ccc(OCC)cc1. The molecule has 18 heavy (non-hydrogen) atoms. The van der Waals surface area contributed by atoms with Gasteiger partial charge in [0.2, 0.25) is 0 Å². The van der Waals surface area contributed by atoms with Crippen molar-refractivity contribution in [1.82, 2.24) is 0 Å². The minimum absolute atomic E-state index is 0.176. The van der Waals surface area contributed by atoms with Crippen LogP contribution in [-0.4, -0.2) is 19.2 Å². The molecule has 0 saturated carbocycles. The average Bonchev–Trinajstić information content (AvgIpc) is 2.37. The monoisotopic (exact) mass is 270 g/mol. The number of ether oxygens (including phenoxy) is 2. The minimum atomic E-state index is -0.200. The molecule has 0 bridgehead atoms. The van der Waals surface area contributed by atoms with Crippen molar-refractivity contribution in [3.8, 4) is 5.75 Å². The van der Waals surface area contributed by atoms with Crippen LogP contribution in [0.15, 0.2) is 24.3 Å². The normalized spacial score (nSPS) is 11.9. The molecule has 0 aliphatic rings. The second-order valence-corrected chi connectivity index (χ2v) is 4.34. The molecule has 0 aliphatic heterocycles. The second-order valence-electron chi connectivity index (χ2n) is 3.81. The Kier molecular flexibility index (Phi) is 6.58. The van der Waals surface area contributed by atoms with Gasteiger partial charge in [0.15, 0.2) is 0 Å². The molecule has 0 aliphatic carbocycles. The number of hydrogen-bond donors (Lipinski definition) is 0. The Bertz CT molecular complexity index is 362. The second kappa shape index (κ2) is 7.98. The third-order valence-corrected chi connectivity index (χ3v) is 2.93. The summed E-state index contributed by atoms with van der Waals surface area (Å²) in [5.74, 6) is 0.629. The highest BCUT2D eigenvalue weighted by atomic mass is 35.5. The summed E-state index contributed by atoms with van der Waals surface area (Å²) in [6.07, 6.45) is 0.920. The number of halogens is 1. The van der Waals surface area contributed by atoms with Crippen LogP contribution in [0.2, 0.25) is 0 Å². The smallest absolute Gasteiger partial charge is 0.305 e. The van der Waals surface area contributed by atoms with Crippen molar-refractivity contribution in [3.63, 3.8) is 0 Å². The largest absolute Gasteiger partial charge is 0.494 e. The van der Waals surface area contributed by atoms with Gasteiger partial charge in [-0.15, -0.1) is 11.6 Å². The van der Waals surface area contributed by atoms with Gasteiger partial charge in [-0.1, -0.05) is 12.1 Å². The molecule has 100 valence electrons. The number of hydrogen-bond acceptors (Lipinski definition) is 3. The van der Waals surface area contributed by atoms with Crippen molar-refractivity contribution in [3.05, 3.63) is 29.8 Å². The number of carbonyl (C=O) groups is 1. The van der Waals surface area contributed by atoms with E-state index in [4.69, 9.17) is 21.1 Å². The standard InChI is InChI=1S/C14H19ClO3/c1-3-17-12-7-5-11(6-8-12)13(15)9-10-14(16)18-4-2/h5-8,13H,3-4,9-10H2,1-2H3. The van der Waals surface area contributed by atoms with E-state index < -0.39 is 0 Å². The molecule has 4 heteroatoms. The van der Waals surface area contributed by atoms with E-state index in [1.165, 1.54) is 0 Å². The van der Waals surface area contributed by atoms with Crippen molar-refractivity contribution in [1.29, 1.82) is 0 Å². The third-order valence-electron chi connectivity index (χ3n) is 2.46. The summed E-state index contributed by atoms with van der Waals surface area (Å²) in [6.45, 7) is 4.79. The maximum atomic E-state index is 11.2. The summed E-state index contributed by atoms with van der Waals surface area (Å²) in [6, 6.07) is 7.62. The molecule has 0 fully saturated rings. The zero-order valence-electron chi connectivity index (χ0n) is 10.8. The van der Waals surface area contributed by atoms with E-state index in [9.17, 15) is 4.79 Å². The Morgan fingerprint density at radius 1 is 1.22 bits per heavy atom. The van der Waals surface area contributed by atoms with E-state index in [-0.39, 0.29) is 11.3 Å². The van der Waals surface area contributed by atoms with Crippen molar-refractivity contribution in [2.45, 2.75) is 32.1 Å². The summed E-state index contributed by atoms with van der Waals surface area (Å²) in [7, 11) is 0. The Balaban J connectivity index is 2.45. The third kappa shape index (κ3) is 4.96. The van der Waals surface area contributed by atoms with Crippen molar-refractivity contribution >= 4 is 17.6 Å². The molecule has 0 amide bonds. The zero-order valence-corrected chi connectivity index (χ0v) is 11.6. The molecule has 1 rings (SSSR count). The van der Waals surface area contributed by atoms with Crippen LogP contribution in [-0.2, 0) is 9.53 Å². The van der Waals surface area contributed by atoms with E-state index in [1.54, 1.807) is 6.92 Å². The molecule has 0 N–H and O–H groups in total. The summed E-state index contributed by atoms with van der Waals surface area (Å²) >= 11 is 6.23. The Morgan fingerprint density at radius 2 is 1.89 bits per heavy atom. The fraction of sp³-hybridized carbons (Fsp3) is 0.500. The maximum Gasteiger partial charge on any atom is 0.305 e. The molecule has 0 aromatic heterocycles. The van der Waals surface area contributed by atoms with Crippen LogP contribution in [0.4, 0.5) is 0 Å². The molecular formula is C14H19ClO3. The van der Waals surface area contributed by atoms with Gasteiger partial charge in [0.1, 0.15) is 5.75 Å². The highest BCUT2D eigenvalue weighted by Gasteiger charge is 2.11. The number of alkyl halides is 1. The molecule has 1 atom stereocenters. The Labute approximate surface area is 113 Å². The van der Waals surface area contributed by atoms with Gasteiger partial charge in [-0.25, -0.2) is 0 Å². The average molecular weight is 271 g/mol. The highest BCUT2D eigenvalue weighted by molar-refractivity contribution is 6.20. The fourth-order valence-electron chi connectivity index (χ4n) is 1.58. The lowest BCUT2D eigenvalue weighted by Gasteiger charge is -2.10. The molecule has 0 spiro atoms. The van der Waals surface area contributed by atoms with Crippen LogP contribution in [0.25, 0.3) is 0 Å². The Morgan fingerprint density at radius 3 is 2.44 bits per heavy atom. The zero-order chi connectivity index (χ0) is 13.4. The fourth-order valence-corrected chi connectivity index (χ4v) is 1.84. The van der Waals surface area contributed by atoms with Crippen molar-refractivity contribution in [2.24, 2.45) is 0 Å². The molecule has 3 nitrogen and oxygen atoms in total. The first-order valence-electron chi connectivity index (χ1n) is 6.19. The molecule has 1 unspecified atom stereocenters. The van der Waals surface area contributed by atoms with Gasteiger partial charge in [-0.3, -0.25) is 4.79 Å². The summed E-state index contributed by atoms with van der Waals surface area (Å²) < 4.78 is 10.2. The first kappa shape index (κ1) is 14.8. The Hall–Kier alpha value is -1.22. The van der Waals surface area contributed by atoms with Gasteiger partial charge < -0.3 is 9.47 Å². The quantitative estimate of drug-likeness (QED) is 0.560. The summed E-state index contributed by atoms with van der Waals surface area (Å²) in [5.41, 5.74) is 0.990. The van der Waals surface area contributed by atoms with E-state index in [0.29, 0.717) is 26.1 Å². The summed E-state index contributed by atoms with van der Waals surface area (Å²) in [4.78, 5) is 11.2. The van der Waals surface area contributed by atoms with E-state index in [2.05, 4.69) is 0 Å². The lowest BCUT2D eigenvalue weighted by Crippen LogP contribution is -2.05. The van der Waals surface area contributed by atoms with Crippen LogP contribution in [0, 0.1) is 0 Å². The molecule has 0 heterocycles. The first-order valence-corrected chi connectivity index (χ1v) is 6.63. The predicted octanol–water partition coefficient (Wildman–Crippen LogP) is 3.71. The summed E-state index contributed by atoms with van der Waals surface area (Å²) in [5, 5.41) is -0.176. The van der Waals surface area contributed by atoms with Crippen molar-refractivity contribution in [2.75, 3.05) is 13.2 Å².